The van der Waals surface area contributed by atoms with Gasteiger partial charge in [0.25, 0.3) is 0 Å². The summed E-state index contributed by atoms with van der Waals surface area (Å²) in [4.78, 5) is 17.8. The van der Waals surface area contributed by atoms with E-state index in [1.54, 1.807) is 0 Å². The van der Waals surface area contributed by atoms with Gasteiger partial charge >= 0.3 is 0 Å². The van der Waals surface area contributed by atoms with Crippen LogP contribution in [0.5, 0.6) is 0 Å². The summed E-state index contributed by atoms with van der Waals surface area (Å²) in [5.74, 6) is 0.421. The highest BCUT2D eigenvalue weighted by Gasteiger charge is 2.25. The maximum absolute atomic E-state index is 12.3. The number of rotatable bonds is 2. The number of aromatic nitrogens is 1. The third kappa shape index (κ3) is 2.03. The van der Waals surface area contributed by atoms with Gasteiger partial charge in [0.2, 0.25) is 5.91 Å². The number of para-hydroxylation sites is 1. The van der Waals surface area contributed by atoms with Gasteiger partial charge in [0.05, 0.1) is 0 Å². The van der Waals surface area contributed by atoms with Gasteiger partial charge in [-0.1, -0.05) is 32.0 Å². The molecule has 0 unspecified atom stereocenters. The van der Waals surface area contributed by atoms with Crippen LogP contribution in [0.25, 0.3) is 10.9 Å². The molecule has 0 bridgehead atoms. The molecular formula is C16H20N2O. The molecule has 0 aliphatic carbocycles. The highest BCUT2D eigenvalue weighted by atomic mass is 16.2. The van der Waals surface area contributed by atoms with E-state index in [9.17, 15) is 4.79 Å². The summed E-state index contributed by atoms with van der Waals surface area (Å²) >= 11 is 0. The Hall–Kier alpha value is -1.77. The average Bonchev–Trinajstić information content (AvgIpc) is 2.83. The number of nitrogens with zero attached hydrogens (tertiary/aromatic N) is 1. The summed E-state index contributed by atoms with van der Waals surface area (Å²) in [6.07, 6.45) is 1.85. The lowest BCUT2D eigenvalue weighted by molar-refractivity contribution is -0.136. The summed E-state index contributed by atoms with van der Waals surface area (Å²) in [6.45, 7) is 5.68. The Bertz CT molecular complexity index is 614. The molecule has 100 valence electrons. The van der Waals surface area contributed by atoms with E-state index in [1.807, 2.05) is 17.9 Å². The molecule has 3 nitrogen and oxygen atoms in total. The third-order valence-electron chi connectivity index (χ3n) is 4.23. The number of H-pyrrole nitrogens is 1. The molecule has 19 heavy (non-hydrogen) atoms. The highest BCUT2D eigenvalue weighted by molar-refractivity contribution is 5.86. The molecule has 2 heterocycles. The van der Waals surface area contributed by atoms with Gasteiger partial charge in [0.15, 0.2) is 0 Å². The fourth-order valence-electron chi connectivity index (χ4n) is 2.84. The van der Waals surface area contributed by atoms with Crippen molar-refractivity contribution in [3.63, 3.8) is 0 Å². The van der Waals surface area contributed by atoms with Gasteiger partial charge < -0.3 is 9.88 Å². The molecule has 0 saturated carbocycles. The molecule has 1 aliphatic rings. The maximum atomic E-state index is 12.3. The lowest BCUT2D eigenvalue weighted by Crippen LogP contribution is -2.38. The zero-order chi connectivity index (χ0) is 13.4. The first-order valence-corrected chi connectivity index (χ1v) is 7.08. The monoisotopic (exact) mass is 256 g/mol. The average molecular weight is 256 g/mol. The van der Waals surface area contributed by atoms with E-state index in [0.29, 0.717) is 5.91 Å². The fourth-order valence-corrected chi connectivity index (χ4v) is 2.84. The zero-order valence-corrected chi connectivity index (χ0v) is 11.6. The highest BCUT2D eigenvalue weighted by Crippen LogP contribution is 2.28. The minimum atomic E-state index is 0.131. The molecule has 1 aliphatic heterocycles. The number of hydrogen-bond donors (Lipinski definition) is 1. The van der Waals surface area contributed by atoms with Crippen molar-refractivity contribution in [2.45, 2.75) is 33.2 Å². The van der Waals surface area contributed by atoms with E-state index in [-0.39, 0.29) is 5.92 Å². The Balaban J connectivity index is 1.93. The van der Waals surface area contributed by atoms with E-state index in [1.165, 1.54) is 22.2 Å². The van der Waals surface area contributed by atoms with Crippen LogP contribution < -0.4 is 0 Å². The van der Waals surface area contributed by atoms with Crippen LogP contribution in [0.2, 0.25) is 0 Å². The van der Waals surface area contributed by atoms with E-state index < -0.39 is 0 Å². The van der Waals surface area contributed by atoms with Crippen molar-refractivity contribution in [1.82, 2.24) is 9.88 Å². The predicted octanol–water partition coefficient (Wildman–Crippen LogP) is 3.10. The largest absolute Gasteiger partial charge is 0.358 e. The van der Waals surface area contributed by atoms with Crippen LogP contribution >= 0.6 is 0 Å². The summed E-state index contributed by atoms with van der Waals surface area (Å²) < 4.78 is 0. The number of benzene rings is 1. The molecule has 3 heteroatoms. The molecule has 0 fully saturated rings. The molecule has 1 N–H and O–H groups in total. The van der Waals surface area contributed by atoms with Crippen LogP contribution in [-0.4, -0.2) is 22.3 Å². The third-order valence-corrected chi connectivity index (χ3v) is 4.23. The van der Waals surface area contributed by atoms with Crippen molar-refractivity contribution in [3.8, 4) is 0 Å². The molecule has 1 aromatic heterocycles. The van der Waals surface area contributed by atoms with Crippen molar-refractivity contribution < 1.29 is 4.79 Å². The van der Waals surface area contributed by atoms with E-state index in [0.717, 1.165) is 25.9 Å². The molecule has 0 saturated heterocycles. The zero-order valence-electron chi connectivity index (χ0n) is 11.6. The normalized spacial score (nSPS) is 16.4. The second-order valence-electron chi connectivity index (χ2n) is 5.45. The minimum absolute atomic E-state index is 0.131. The van der Waals surface area contributed by atoms with Gasteiger partial charge in [-0.3, -0.25) is 4.79 Å². The van der Waals surface area contributed by atoms with Gasteiger partial charge in [-0.15, -0.1) is 0 Å². The molecular weight excluding hydrogens is 236 g/mol. The minimum Gasteiger partial charge on any atom is -0.358 e. The van der Waals surface area contributed by atoms with E-state index in [4.69, 9.17) is 0 Å². The molecule has 3 rings (SSSR count). The van der Waals surface area contributed by atoms with Crippen LogP contribution in [0.4, 0.5) is 0 Å². The number of carbonyl (C=O) groups is 1. The Morgan fingerprint density at radius 3 is 3.00 bits per heavy atom. The predicted molar refractivity (Wildman–Crippen MR) is 76.9 cm³/mol. The van der Waals surface area contributed by atoms with Crippen LogP contribution in [0.15, 0.2) is 24.3 Å². The summed E-state index contributed by atoms with van der Waals surface area (Å²) in [7, 11) is 0. The van der Waals surface area contributed by atoms with Crippen molar-refractivity contribution in [1.29, 1.82) is 0 Å². The van der Waals surface area contributed by atoms with Gasteiger partial charge in [0.1, 0.15) is 0 Å². The number of fused-ring (bicyclic) bond motifs is 3. The standard InChI is InChI=1S/C16H20N2O/c1-3-11(2)16(19)18-9-8-15-13(10-18)12-6-4-5-7-14(12)17-15/h4-7,11,17H,3,8-10H2,1-2H3/t11-/m0/s1. The van der Waals surface area contributed by atoms with Crippen LogP contribution in [0.3, 0.4) is 0 Å². The number of hydrogen-bond acceptors (Lipinski definition) is 1. The summed E-state index contributed by atoms with van der Waals surface area (Å²) in [6, 6.07) is 8.36. The Labute approximate surface area is 113 Å². The number of amides is 1. The van der Waals surface area contributed by atoms with Gasteiger partial charge in [-0.25, -0.2) is 0 Å². The Kier molecular flexibility index (Phi) is 3.05. The van der Waals surface area contributed by atoms with E-state index >= 15 is 0 Å². The van der Waals surface area contributed by atoms with Crippen LogP contribution in [-0.2, 0) is 17.8 Å². The summed E-state index contributed by atoms with van der Waals surface area (Å²) in [5.41, 5.74) is 3.79. The number of aromatic amines is 1. The fraction of sp³-hybridized carbons (Fsp3) is 0.438. The number of nitrogens with one attached hydrogen (secondary N) is 1. The first-order chi connectivity index (χ1) is 9.20. The second kappa shape index (κ2) is 4.72. The molecule has 1 amide bonds. The van der Waals surface area contributed by atoms with Crippen molar-refractivity contribution in [3.05, 3.63) is 35.5 Å². The van der Waals surface area contributed by atoms with Gasteiger partial charge in [-0.05, 0) is 12.5 Å². The SMILES string of the molecule is CC[C@H](C)C(=O)N1CCc2[nH]c3ccccc3c2C1. The molecule has 1 aromatic carbocycles. The molecule has 0 radical (unpaired) electrons. The second-order valence-corrected chi connectivity index (χ2v) is 5.45. The van der Waals surface area contributed by atoms with Gasteiger partial charge in [-0.2, -0.15) is 0 Å². The quantitative estimate of drug-likeness (QED) is 0.880. The van der Waals surface area contributed by atoms with Crippen LogP contribution in [0.1, 0.15) is 31.5 Å². The summed E-state index contributed by atoms with van der Waals surface area (Å²) in [5, 5.41) is 1.26. The smallest absolute Gasteiger partial charge is 0.225 e. The first-order valence-electron chi connectivity index (χ1n) is 7.08. The van der Waals surface area contributed by atoms with Crippen molar-refractivity contribution in [2.24, 2.45) is 5.92 Å². The topological polar surface area (TPSA) is 36.1 Å². The van der Waals surface area contributed by atoms with Gasteiger partial charge in [0, 0.05) is 47.6 Å². The van der Waals surface area contributed by atoms with E-state index in [2.05, 4.69) is 30.1 Å². The molecule has 1 atom stereocenters. The number of carbonyl (C=O) groups excluding carboxylic acids is 1. The molecule has 2 aromatic rings. The Morgan fingerprint density at radius 2 is 2.21 bits per heavy atom. The van der Waals surface area contributed by atoms with Crippen LogP contribution in [0, 0.1) is 5.92 Å². The first kappa shape index (κ1) is 12.3. The Morgan fingerprint density at radius 1 is 1.42 bits per heavy atom. The maximum Gasteiger partial charge on any atom is 0.225 e. The molecule has 0 spiro atoms. The lowest BCUT2D eigenvalue weighted by atomic mass is 10.0. The lowest BCUT2D eigenvalue weighted by Gasteiger charge is -2.29. The van der Waals surface area contributed by atoms with Crippen molar-refractivity contribution in [2.75, 3.05) is 6.54 Å². The van der Waals surface area contributed by atoms with Crippen molar-refractivity contribution >= 4 is 16.8 Å².